The van der Waals surface area contributed by atoms with E-state index in [9.17, 15) is 14.7 Å². The van der Waals surface area contributed by atoms with Gasteiger partial charge in [0.25, 0.3) is 0 Å². The first kappa shape index (κ1) is 27.7. The molecule has 0 radical (unpaired) electrons. The van der Waals surface area contributed by atoms with Crippen LogP contribution in [-0.4, -0.2) is 108 Å². The number of nitrogens with one attached hydrogen (secondary N) is 2. The van der Waals surface area contributed by atoms with Crippen molar-refractivity contribution in [3.8, 4) is 0 Å². The van der Waals surface area contributed by atoms with E-state index in [-0.39, 0.29) is 19.0 Å². The molecule has 11 heteroatoms. The minimum absolute atomic E-state index is 0.122. The summed E-state index contributed by atoms with van der Waals surface area (Å²) < 4.78 is 10.7. The lowest BCUT2D eigenvalue weighted by atomic mass is 10.0. The molecule has 0 atom stereocenters. The molecule has 0 saturated heterocycles. The number of carbonyl (C=O) groups excluding carboxylic acids is 2. The van der Waals surface area contributed by atoms with Crippen LogP contribution in [0.25, 0.3) is 0 Å². The predicted molar refractivity (Wildman–Crippen MR) is 103 cm³/mol. The molecule has 0 aliphatic carbocycles. The molecule has 0 unspecified atom stereocenters. The van der Waals surface area contributed by atoms with Crippen molar-refractivity contribution in [2.75, 3.05) is 52.8 Å². The van der Waals surface area contributed by atoms with E-state index in [0.29, 0.717) is 19.4 Å². The van der Waals surface area contributed by atoms with Crippen LogP contribution in [0.5, 0.6) is 0 Å². The highest BCUT2D eigenvalue weighted by molar-refractivity contribution is 5.75. The summed E-state index contributed by atoms with van der Waals surface area (Å²) in [5.74, 6) is 0.122. The Morgan fingerprint density at radius 3 is 1.79 bits per heavy atom. The summed E-state index contributed by atoms with van der Waals surface area (Å²) in [7, 11) is 0. The standard InChI is InChI=1S/C18H36N2O9/c1-14(26)5-3-2-4-6-19-17(27)20-18(11-25,12-28-15(7-21)8-22)13-29-16(9-23)10-24/h15-16,21-25H,2-13H2,1H3,(H2,19,20,27). The maximum absolute atomic E-state index is 12.2. The van der Waals surface area contributed by atoms with Gasteiger partial charge in [0, 0.05) is 13.0 Å². The Bertz CT molecular complexity index is 427. The summed E-state index contributed by atoms with van der Waals surface area (Å²) in [5, 5.41) is 51.6. The Hall–Kier alpha value is -1.34. The molecule has 0 saturated carbocycles. The normalized spacial score (nSPS) is 11.9. The Balaban J connectivity index is 4.74. The Morgan fingerprint density at radius 2 is 1.38 bits per heavy atom. The van der Waals surface area contributed by atoms with Crippen LogP contribution >= 0.6 is 0 Å². The number of rotatable bonds is 18. The van der Waals surface area contributed by atoms with Gasteiger partial charge < -0.3 is 50.4 Å². The lowest BCUT2D eigenvalue weighted by molar-refractivity contribution is -0.117. The van der Waals surface area contributed by atoms with E-state index in [2.05, 4.69) is 10.6 Å². The van der Waals surface area contributed by atoms with Gasteiger partial charge in [-0.05, 0) is 19.8 Å². The number of Topliss-reactive ketones (excluding diaryl/α,β-unsaturated/α-hetero) is 1. The van der Waals surface area contributed by atoms with Crippen LogP contribution in [0.3, 0.4) is 0 Å². The van der Waals surface area contributed by atoms with E-state index >= 15 is 0 Å². The van der Waals surface area contributed by atoms with Gasteiger partial charge in [0.05, 0.1) is 46.2 Å². The first-order valence-electron chi connectivity index (χ1n) is 9.69. The average Bonchev–Trinajstić information content (AvgIpc) is 2.71. The fourth-order valence-electron chi connectivity index (χ4n) is 2.29. The summed E-state index contributed by atoms with van der Waals surface area (Å²) in [5.41, 5.74) is -1.43. The van der Waals surface area contributed by atoms with Crippen molar-refractivity contribution in [2.45, 2.75) is 50.4 Å². The zero-order chi connectivity index (χ0) is 22.1. The number of ketones is 1. The fourth-order valence-corrected chi connectivity index (χ4v) is 2.29. The van der Waals surface area contributed by atoms with Crippen molar-refractivity contribution >= 4 is 11.8 Å². The Kier molecular flexibility index (Phi) is 15.7. The van der Waals surface area contributed by atoms with E-state index in [4.69, 9.17) is 29.9 Å². The molecule has 0 bridgehead atoms. The number of unbranched alkanes of at least 4 members (excludes halogenated alkanes) is 2. The van der Waals surface area contributed by atoms with E-state index < -0.39 is 56.8 Å². The largest absolute Gasteiger partial charge is 0.394 e. The number of carbonyl (C=O) groups is 2. The zero-order valence-corrected chi connectivity index (χ0v) is 17.0. The van der Waals surface area contributed by atoms with E-state index in [1.54, 1.807) is 0 Å². The molecule has 0 aromatic carbocycles. The molecule has 0 rings (SSSR count). The highest BCUT2D eigenvalue weighted by atomic mass is 16.5. The second-order valence-corrected chi connectivity index (χ2v) is 6.93. The van der Waals surface area contributed by atoms with Gasteiger partial charge in [-0.15, -0.1) is 0 Å². The summed E-state index contributed by atoms with van der Waals surface area (Å²) in [6.45, 7) is -1.10. The second kappa shape index (κ2) is 16.5. The topological polar surface area (TPSA) is 178 Å². The number of hydrogen-bond acceptors (Lipinski definition) is 9. The third-order valence-corrected chi connectivity index (χ3v) is 4.18. The molecular formula is C18H36N2O9. The monoisotopic (exact) mass is 424 g/mol. The fraction of sp³-hybridized carbons (Fsp3) is 0.889. The van der Waals surface area contributed by atoms with E-state index in [1.807, 2.05) is 0 Å². The molecule has 2 amide bonds. The minimum Gasteiger partial charge on any atom is -0.394 e. The molecule has 7 N–H and O–H groups in total. The van der Waals surface area contributed by atoms with Crippen molar-refractivity contribution in [1.82, 2.24) is 10.6 Å². The van der Waals surface area contributed by atoms with Crippen molar-refractivity contribution in [2.24, 2.45) is 0 Å². The van der Waals surface area contributed by atoms with Gasteiger partial charge in [-0.3, -0.25) is 0 Å². The highest BCUT2D eigenvalue weighted by Gasteiger charge is 2.34. The summed E-state index contributed by atoms with van der Waals surface area (Å²) >= 11 is 0. The number of ether oxygens (including phenoxy) is 2. The summed E-state index contributed by atoms with van der Waals surface area (Å²) in [6, 6.07) is -0.591. The van der Waals surface area contributed by atoms with E-state index in [0.717, 1.165) is 12.8 Å². The number of urea groups is 1. The predicted octanol–water partition coefficient (Wildman–Crippen LogP) is -2.09. The number of hydrogen-bond donors (Lipinski definition) is 7. The molecule has 0 fully saturated rings. The van der Waals surface area contributed by atoms with Crippen molar-refractivity contribution in [1.29, 1.82) is 0 Å². The van der Waals surface area contributed by atoms with E-state index in [1.165, 1.54) is 6.92 Å². The van der Waals surface area contributed by atoms with Gasteiger partial charge >= 0.3 is 6.03 Å². The smallest absolute Gasteiger partial charge is 0.315 e. The van der Waals surface area contributed by atoms with Crippen LogP contribution in [-0.2, 0) is 14.3 Å². The van der Waals surface area contributed by atoms with Crippen LogP contribution < -0.4 is 10.6 Å². The molecule has 172 valence electrons. The van der Waals surface area contributed by atoms with Gasteiger partial charge in [0.2, 0.25) is 0 Å². The van der Waals surface area contributed by atoms with Crippen LogP contribution in [0.4, 0.5) is 4.79 Å². The minimum atomic E-state index is -1.43. The maximum Gasteiger partial charge on any atom is 0.315 e. The lowest BCUT2D eigenvalue weighted by Crippen LogP contribution is -2.61. The third kappa shape index (κ3) is 12.7. The molecule has 11 nitrogen and oxygen atoms in total. The van der Waals surface area contributed by atoms with Gasteiger partial charge in [-0.2, -0.15) is 0 Å². The first-order chi connectivity index (χ1) is 13.9. The second-order valence-electron chi connectivity index (χ2n) is 6.93. The summed E-state index contributed by atoms with van der Waals surface area (Å²) in [4.78, 5) is 23.1. The molecule has 0 heterocycles. The van der Waals surface area contributed by atoms with Gasteiger partial charge in [-0.1, -0.05) is 6.42 Å². The average molecular weight is 424 g/mol. The third-order valence-electron chi connectivity index (χ3n) is 4.18. The van der Waals surface area contributed by atoms with Crippen LogP contribution in [0, 0.1) is 0 Å². The van der Waals surface area contributed by atoms with Crippen molar-refractivity contribution in [3.05, 3.63) is 0 Å². The van der Waals surface area contributed by atoms with Gasteiger partial charge in [-0.25, -0.2) is 4.79 Å². The molecule has 0 aromatic heterocycles. The molecule has 0 spiro atoms. The zero-order valence-electron chi connectivity index (χ0n) is 17.0. The van der Waals surface area contributed by atoms with Crippen LogP contribution in [0.1, 0.15) is 32.6 Å². The first-order valence-corrected chi connectivity index (χ1v) is 9.69. The quantitative estimate of drug-likeness (QED) is 0.121. The Labute approximate surface area is 171 Å². The molecular weight excluding hydrogens is 388 g/mol. The molecule has 0 aliphatic rings. The SMILES string of the molecule is CC(=O)CCCCCNC(=O)NC(CO)(COC(CO)CO)COC(CO)CO. The summed E-state index contributed by atoms with van der Waals surface area (Å²) in [6.07, 6.45) is 0.891. The number of aliphatic hydroxyl groups is 5. The van der Waals surface area contributed by atoms with Gasteiger partial charge in [0.15, 0.2) is 0 Å². The lowest BCUT2D eigenvalue weighted by Gasteiger charge is -2.34. The van der Waals surface area contributed by atoms with Crippen LogP contribution in [0.2, 0.25) is 0 Å². The van der Waals surface area contributed by atoms with Crippen molar-refractivity contribution < 1.29 is 44.6 Å². The molecule has 29 heavy (non-hydrogen) atoms. The van der Waals surface area contributed by atoms with Crippen LogP contribution in [0.15, 0.2) is 0 Å². The van der Waals surface area contributed by atoms with Crippen molar-refractivity contribution in [3.63, 3.8) is 0 Å². The van der Waals surface area contributed by atoms with Gasteiger partial charge in [0.1, 0.15) is 23.5 Å². The maximum atomic E-state index is 12.2. The highest BCUT2D eigenvalue weighted by Crippen LogP contribution is 2.10. The molecule has 0 aliphatic heterocycles. The molecule has 0 aromatic rings. The Morgan fingerprint density at radius 1 is 0.862 bits per heavy atom. The number of aliphatic hydroxyl groups excluding tert-OH is 5. The number of amides is 2.